The summed E-state index contributed by atoms with van der Waals surface area (Å²) in [7, 11) is -2.22. The van der Waals surface area contributed by atoms with Crippen LogP contribution in [0.3, 0.4) is 0 Å². The fourth-order valence-electron chi connectivity index (χ4n) is 2.47. The third kappa shape index (κ3) is 3.03. The van der Waals surface area contributed by atoms with Crippen molar-refractivity contribution in [2.45, 2.75) is 38.4 Å². The van der Waals surface area contributed by atoms with Gasteiger partial charge >= 0.3 is 0 Å². The molecule has 1 unspecified atom stereocenters. The van der Waals surface area contributed by atoms with Crippen LogP contribution in [0.2, 0.25) is 0 Å². The number of ether oxygens (including phenoxy) is 1. The van der Waals surface area contributed by atoms with Crippen molar-refractivity contribution in [1.82, 2.24) is 5.16 Å². The maximum absolute atomic E-state index is 11.9. The highest BCUT2D eigenvalue weighted by Gasteiger charge is 2.27. The third-order valence-electron chi connectivity index (χ3n) is 3.53. The van der Waals surface area contributed by atoms with E-state index in [1.807, 2.05) is 13.8 Å². The molecule has 1 aromatic heterocycles. The first kappa shape index (κ1) is 15.8. The SMILES string of the molecule is CCCC(c1cc2c(CC)noc2cc1OC)S(N)(=O)=O. The van der Waals surface area contributed by atoms with Crippen molar-refractivity contribution in [2.75, 3.05) is 7.11 Å². The lowest BCUT2D eigenvalue weighted by Gasteiger charge is -2.17. The van der Waals surface area contributed by atoms with Gasteiger partial charge in [-0.3, -0.25) is 0 Å². The molecule has 7 heteroatoms. The molecule has 116 valence electrons. The Bertz CT molecular complexity index is 737. The average Bonchev–Trinajstić information content (AvgIpc) is 2.84. The Morgan fingerprint density at radius 1 is 1.38 bits per heavy atom. The number of hydrogen-bond donors (Lipinski definition) is 1. The molecule has 6 nitrogen and oxygen atoms in total. The second-order valence-electron chi connectivity index (χ2n) is 4.94. The fraction of sp³-hybridized carbons (Fsp3) is 0.500. The molecule has 0 saturated heterocycles. The highest BCUT2D eigenvalue weighted by Crippen LogP contribution is 2.37. The summed E-state index contributed by atoms with van der Waals surface area (Å²) in [5.74, 6) is 0.453. The number of benzene rings is 1. The Kier molecular flexibility index (Phi) is 4.53. The average molecular weight is 312 g/mol. The standard InChI is InChI=1S/C14H20N2O4S/c1-4-6-14(21(15,17)18)10-7-9-11(5-2)16-20-13(9)8-12(10)19-3/h7-8,14H,4-6H2,1-3H3,(H2,15,17,18). The first-order chi connectivity index (χ1) is 9.92. The molecule has 2 N–H and O–H groups in total. The summed E-state index contributed by atoms with van der Waals surface area (Å²) in [6, 6.07) is 3.44. The molecule has 0 aliphatic rings. The molecule has 2 aromatic rings. The highest BCUT2D eigenvalue weighted by atomic mass is 32.2. The summed E-state index contributed by atoms with van der Waals surface area (Å²) in [6.07, 6.45) is 1.84. The Balaban J connectivity index is 2.69. The number of nitrogens with two attached hydrogens (primary N) is 1. The van der Waals surface area contributed by atoms with E-state index in [4.69, 9.17) is 14.4 Å². The van der Waals surface area contributed by atoms with Crippen molar-refractivity contribution in [1.29, 1.82) is 0 Å². The van der Waals surface area contributed by atoms with Crippen molar-refractivity contribution in [2.24, 2.45) is 5.14 Å². The molecule has 0 aliphatic heterocycles. The van der Waals surface area contributed by atoms with Gasteiger partial charge in [-0.05, 0) is 18.9 Å². The largest absolute Gasteiger partial charge is 0.496 e. The van der Waals surface area contributed by atoms with E-state index in [0.29, 0.717) is 36.2 Å². The molecule has 0 amide bonds. The number of fused-ring (bicyclic) bond motifs is 1. The number of rotatable bonds is 6. The molecule has 0 spiro atoms. The van der Waals surface area contributed by atoms with Gasteiger partial charge in [0.2, 0.25) is 10.0 Å². The second-order valence-corrected chi connectivity index (χ2v) is 6.69. The van der Waals surface area contributed by atoms with Gasteiger partial charge in [-0.1, -0.05) is 25.4 Å². The monoisotopic (exact) mass is 312 g/mol. The van der Waals surface area contributed by atoms with E-state index in [1.54, 1.807) is 12.1 Å². The molecule has 1 atom stereocenters. The minimum atomic E-state index is -3.72. The fourth-order valence-corrected chi connectivity index (χ4v) is 3.58. The van der Waals surface area contributed by atoms with Crippen molar-refractivity contribution in [3.8, 4) is 5.75 Å². The van der Waals surface area contributed by atoms with Crippen LogP contribution in [-0.4, -0.2) is 20.7 Å². The predicted octanol–water partition coefficient (Wildman–Crippen LogP) is 2.53. The topological polar surface area (TPSA) is 95.4 Å². The lowest BCUT2D eigenvalue weighted by atomic mass is 10.0. The highest BCUT2D eigenvalue weighted by molar-refractivity contribution is 7.89. The van der Waals surface area contributed by atoms with Crippen molar-refractivity contribution >= 4 is 21.0 Å². The first-order valence-electron chi connectivity index (χ1n) is 6.90. The molecule has 1 aromatic carbocycles. The van der Waals surface area contributed by atoms with Gasteiger partial charge in [0.25, 0.3) is 0 Å². The number of sulfonamides is 1. The number of aryl methyl sites for hydroxylation is 1. The smallest absolute Gasteiger partial charge is 0.216 e. The third-order valence-corrected chi connectivity index (χ3v) is 4.81. The molecular formula is C14H20N2O4S. The molecule has 1 heterocycles. The summed E-state index contributed by atoms with van der Waals surface area (Å²) in [6.45, 7) is 3.88. The summed E-state index contributed by atoms with van der Waals surface area (Å²) in [4.78, 5) is 0. The van der Waals surface area contributed by atoms with Gasteiger partial charge in [-0.25, -0.2) is 13.6 Å². The Labute approximate surface area is 124 Å². The van der Waals surface area contributed by atoms with E-state index >= 15 is 0 Å². The molecule has 0 saturated carbocycles. The number of hydrogen-bond acceptors (Lipinski definition) is 5. The van der Waals surface area contributed by atoms with Crippen LogP contribution in [0.5, 0.6) is 5.75 Å². The van der Waals surface area contributed by atoms with E-state index in [0.717, 1.165) is 11.1 Å². The summed E-state index contributed by atoms with van der Waals surface area (Å²) in [5, 5.41) is 9.39. The van der Waals surface area contributed by atoms with Gasteiger partial charge < -0.3 is 9.26 Å². The lowest BCUT2D eigenvalue weighted by molar-refractivity contribution is 0.404. The van der Waals surface area contributed by atoms with Crippen LogP contribution in [-0.2, 0) is 16.4 Å². The van der Waals surface area contributed by atoms with E-state index < -0.39 is 15.3 Å². The van der Waals surface area contributed by atoms with Gasteiger partial charge in [-0.2, -0.15) is 0 Å². The van der Waals surface area contributed by atoms with Gasteiger partial charge in [0.1, 0.15) is 11.0 Å². The quantitative estimate of drug-likeness (QED) is 0.884. The molecule has 0 fully saturated rings. The van der Waals surface area contributed by atoms with Gasteiger partial charge in [0.15, 0.2) is 5.58 Å². The van der Waals surface area contributed by atoms with Crippen LogP contribution in [0.15, 0.2) is 16.7 Å². The van der Waals surface area contributed by atoms with E-state index in [-0.39, 0.29) is 0 Å². The van der Waals surface area contributed by atoms with E-state index in [9.17, 15) is 8.42 Å². The van der Waals surface area contributed by atoms with Crippen LogP contribution in [0.4, 0.5) is 0 Å². The Morgan fingerprint density at radius 2 is 2.10 bits per heavy atom. The van der Waals surface area contributed by atoms with E-state index in [2.05, 4.69) is 5.16 Å². The van der Waals surface area contributed by atoms with Gasteiger partial charge in [0.05, 0.1) is 12.8 Å². The van der Waals surface area contributed by atoms with Crippen LogP contribution in [0.25, 0.3) is 11.0 Å². The Hall–Kier alpha value is -1.60. The molecule has 0 aliphatic carbocycles. The second kappa shape index (κ2) is 6.03. The predicted molar refractivity (Wildman–Crippen MR) is 80.7 cm³/mol. The van der Waals surface area contributed by atoms with E-state index in [1.165, 1.54) is 7.11 Å². The number of primary sulfonamides is 1. The number of methoxy groups -OCH3 is 1. The summed E-state index contributed by atoms with van der Waals surface area (Å²) < 4.78 is 34.4. The molecule has 0 radical (unpaired) electrons. The zero-order chi connectivity index (χ0) is 15.6. The van der Waals surface area contributed by atoms with Crippen LogP contribution in [0, 0.1) is 0 Å². The van der Waals surface area contributed by atoms with Gasteiger partial charge in [0, 0.05) is 17.0 Å². The number of nitrogens with zero attached hydrogens (tertiary/aromatic N) is 1. The van der Waals surface area contributed by atoms with Crippen LogP contribution < -0.4 is 9.88 Å². The van der Waals surface area contributed by atoms with Crippen molar-refractivity contribution < 1.29 is 17.7 Å². The molecule has 0 bridgehead atoms. The maximum Gasteiger partial charge on any atom is 0.216 e. The summed E-state index contributed by atoms with van der Waals surface area (Å²) >= 11 is 0. The van der Waals surface area contributed by atoms with Crippen LogP contribution in [0.1, 0.15) is 43.2 Å². The zero-order valence-electron chi connectivity index (χ0n) is 12.4. The minimum absolute atomic E-state index is 0.438. The number of aromatic nitrogens is 1. The lowest BCUT2D eigenvalue weighted by Crippen LogP contribution is -2.22. The van der Waals surface area contributed by atoms with Crippen molar-refractivity contribution in [3.63, 3.8) is 0 Å². The Morgan fingerprint density at radius 3 is 2.62 bits per heavy atom. The molecule has 21 heavy (non-hydrogen) atoms. The maximum atomic E-state index is 11.9. The normalized spacial score (nSPS) is 13.5. The molecule has 2 rings (SSSR count). The van der Waals surface area contributed by atoms with Crippen molar-refractivity contribution in [3.05, 3.63) is 23.4 Å². The first-order valence-corrected chi connectivity index (χ1v) is 8.51. The minimum Gasteiger partial charge on any atom is -0.496 e. The molecular weight excluding hydrogens is 292 g/mol. The zero-order valence-corrected chi connectivity index (χ0v) is 13.2. The summed E-state index contributed by atoms with van der Waals surface area (Å²) in [5.41, 5.74) is 1.93. The van der Waals surface area contributed by atoms with Crippen LogP contribution >= 0.6 is 0 Å². The van der Waals surface area contributed by atoms with Gasteiger partial charge in [-0.15, -0.1) is 0 Å².